The summed E-state index contributed by atoms with van der Waals surface area (Å²) in [4.78, 5) is 13.9. The van der Waals surface area contributed by atoms with Gasteiger partial charge >= 0.3 is 6.09 Å². The number of nitrogens with zero attached hydrogens (tertiary/aromatic N) is 2. The van der Waals surface area contributed by atoms with Gasteiger partial charge in [0.05, 0.1) is 12.6 Å². The third-order valence-electron chi connectivity index (χ3n) is 3.79. The van der Waals surface area contributed by atoms with Crippen LogP contribution < -0.4 is 5.32 Å². The Morgan fingerprint density at radius 2 is 2.00 bits per heavy atom. The molecule has 5 nitrogen and oxygen atoms in total. The number of likely N-dealkylation sites (tertiary alicyclic amines) is 1. The fourth-order valence-electron chi connectivity index (χ4n) is 2.67. The molecule has 1 aromatic rings. The van der Waals surface area contributed by atoms with Crippen LogP contribution in [0.4, 0.5) is 10.5 Å². The van der Waals surface area contributed by atoms with Crippen LogP contribution in [0.1, 0.15) is 39.2 Å². The first-order valence-electron chi connectivity index (χ1n) is 7.97. The molecule has 0 aliphatic carbocycles. The monoisotopic (exact) mass is 315 g/mol. The van der Waals surface area contributed by atoms with E-state index in [1.807, 2.05) is 52.0 Å². The summed E-state index contributed by atoms with van der Waals surface area (Å²) in [6, 6.07) is 10.3. The number of piperidine rings is 1. The van der Waals surface area contributed by atoms with Gasteiger partial charge in [-0.25, -0.2) is 4.79 Å². The van der Waals surface area contributed by atoms with E-state index in [-0.39, 0.29) is 6.09 Å². The van der Waals surface area contributed by atoms with Gasteiger partial charge in [-0.2, -0.15) is 5.26 Å². The minimum Gasteiger partial charge on any atom is -0.444 e. The van der Waals surface area contributed by atoms with Gasteiger partial charge in [-0.3, -0.25) is 0 Å². The van der Waals surface area contributed by atoms with E-state index in [0.29, 0.717) is 19.5 Å². The first kappa shape index (κ1) is 17.1. The topological polar surface area (TPSA) is 65.4 Å². The van der Waals surface area contributed by atoms with E-state index >= 15 is 0 Å². The Morgan fingerprint density at radius 3 is 2.57 bits per heavy atom. The number of amides is 1. The Hall–Kier alpha value is -2.22. The lowest BCUT2D eigenvalue weighted by Crippen LogP contribution is -2.54. The molecule has 1 aliphatic rings. The second kappa shape index (κ2) is 6.49. The van der Waals surface area contributed by atoms with Crippen LogP contribution in [0.3, 0.4) is 0 Å². The van der Waals surface area contributed by atoms with E-state index in [1.54, 1.807) is 4.90 Å². The molecule has 0 spiro atoms. The van der Waals surface area contributed by atoms with Crippen molar-refractivity contribution in [1.29, 1.82) is 5.26 Å². The molecule has 23 heavy (non-hydrogen) atoms. The second-order valence-corrected chi connectivity index (χ2v) is 7.19. The van der Waals surface area contributed by atoms with Crippen molar-refractivity contribution in [3.05, 3.63) is 29.8 Å². The van der Waals surface area contributed by atoms with Gasteiger partial charge < -0.3 is 15.0 Å². The fourth-order valence-corrected chi connectivity index (χ4v) is 2.67. The van der Waals surface area contributed by atoms with Crippen LogP contribution in [0.2, 0.25) is 0 Å². The average Bonchev–Trinajstić information content (AvgIpc) is 2.48. The number of carbonyl (C=O) groups excluding carboxylic acids is 1. The predicted octanol–water partition coefficient (Wildman–Crippen LogP) is 3.70. The lowest BCUT2D eigenvalue weighted by Gasteiger charge is -2.39. The van der Waals surface area contributed by atoms with Crippen molar-refractivity contribution in [3.8, 4) is 6.07 Å². The number of rotatable bonds is 2. The number of anilines is 1. The van der Waals surface area contributed by atoms with Crippen molar-refractivity contribution >= 4 is 11.8 Å². The minimum atomic E-state index is -0.773. The molecule has 1 N–H and O–H groups in total. The van der Waals surface area contributed by atoms with E-state index in [0.717, 1.165) is 12.1 Å². The highest BCUT2D eigenvalue weighted by Gasteiger charge is 2.38. The van der Waals surface area contributed by atoms with Gasteiger partial charge in [0.25, 0.3) is 0 Å². The van der Waals surface area contributed by atoms with Crippen LogP contribution in [0, 0.1) is 18.3 Å². The second-order valence-electron chi connectivity index (χ2n) is 7.19. The van der Waals surface area contributed by atoms with Crippen molar-refractivity contribution in [2.24, 2.45) is 0 Å². The van der Waals surface area contributed by atoms with Crippen molar-refractivity contribution in [1.82, 2.24) is 4.90 Å². The molecule has 124 valence electrons. The van der Waals surface area contributed by atoms with Gasteiger partial charge in [-0.15, -0.1) is 0 Å². The molecule has 5 heteroatoms. The molecule has 1 saturated heterocycles. The highest BCUT2D eigenvalue weighted by molar-refractivity contribution is 5.69. The normalized spacial score (nSPS) is 21.4. The zero-order valence-electron chi connectivity index (χ0n) is 14.3. The highest BCUT2D eigenvalue weighted by atomic mass is 16.6. The van der Waals surface area contributed by atoms with Crippen LogP contribution in [0.15, 0.2) is 24.3 Å². The van der Waals surface area contributed by atoms with Crippen LogP contribution in [0.25, 0.3) is 0 Å². The molecule has 1 aliphatic heterocycles. The summed E-state index contributed by atoms with van der Waals surface area (Å²) in [6.07, 6.45) is 1.12. The highest BCUT2D eigenvalue weighted by Crippen LogP contribution is 2.27. The van der Waals surface area contributed by atoms with E-state index in [2.05, 4.69) is 11.4 Å². The summed E-state index contributed by atoms with van der Waals surface area (Å²) >= 11 is 0. The Kier molecular flexibility index (Phi) is 4.84. The summed E-state index contributed by atoms with van der Waals surface area (Å²) in [5.74, 6) is 0. The number of ether oxygens (including phenoxy) is 1. The number of nitrogens with one attached hydrogen (secondary N) is 1. The first-order valence-corrected chi connectivity index (χ1v) is 7.97. The number of hydrogen-bond donors (Lipinski definition) is 1. The largest absolute Gasteiger partial charge is 0.444 e. The van der Waals surface area contributed by atoms with Crippen LogP contribution in [-0.4, -0.2) is 35.2 Å². The Balaban J connectivity index is 2.11. The zero-order valence-corrected chi connectivity index (χ0v) is 14.3. The average molecular weight is 315 g/mol. The van der Waals surface area contributed by atoms with Crippen molar-refractivity contribution in [2.45, 2.75) is 51.7 Å². The number of nitriles is 1. The first-order chi connectivity index (χ1) is 10.7. The molecular weight excluding hydrogens is 290 g/mol. The molecule has 0 aromatic heterocycles. The molecule has 1 amide bonds. The summed E-state index contributed by atoms with van der Waals surface area (Å²) < 4.78 is 5.43. The minimum absolute atomic E-state index is 0.326. The third kappa shape index (κ3) is 4.62. The SMILES string of the molecule is Cc1ccc(NC2(C#N)CCCN(C(=O)OC(C)(C)C)C2)cc1. The van der Waals surface area contributed by atoms with Gasteiger partial charge in [-0.05, 0) is 52.7 Å². The van der Waals surface area contributed by atoms with E-state index in [1.165, 1.54) is 5.56 Å². The molecule has 1 aromatic carbocycles. The smallest absolute Gasteiger partial charge is 0.410 e. The molecule has 1 fully saturated rings. The van der Waals surface area contributed by atoms with Crippen LogP contribution in [-0.2, 0) is 4.74 Å². The number of hydrogen-bond acceptors (Lipinski definition) is 4. The molecule has 0 radical (unpaired) electrons. The van der Waals surface area contributed by atoms with Crippen LogP contribution in [0.5, 0.6) is 0 Å². The Morgan fingerprint density at radius 1 is 1.35 bits per heavy atom. The van der Waals surface area contributed by atoms with Crippen molar-refractivity contribution in [3.63, 3.8) is 0 Å². The molecule has 1 atom stereocenters. The molecule has 0 bridgehead atoms. The standard InChI is InChI=1S/C18H25N3O2/c1-14-6-8-15(9-7-14)20-18(12-19)10-5-11-21(13-18)16(22)23-17(2,3)4/h6-9,20H,5,10-11,13H2,1-4H3. The Bertz CT molecular complexity index is 598. The summed E-state index contributed by atoms with van der Waals surface area (Å²) in [6.45, 7) is 8.50. The molecule has 0 saturated carbocycles. The summed E-state index contributed by atoms with van der Waals surface area (Å²) in [5, 5.41) is 13.0. The zero-order chi connectivity index (χ0) is 17.1. The molecule has 1 unspecified atom stereocenters. The molecule has 2 rings (SSSR count). The van der Waals surface area contributed by atoms with Gasteiger partial charge in [0.15, 0.2) is 0 Å². The summed E-state index contributed by atoms with van der Waals surface area (Å²) in [5.41, 5.74) is 0.752. The van der Waals surface area contributed by atoms with E-state index in [9.17, 15) is 10.1 Å². The van der Waals surface area contributed by atoms with Crippen molar-refractivity contribution < 1.29 is 9.53 Å². The number of benzene rings is 1. The van der Waals surface area contributed by atoms with Crippen molar-refractivity contribution in [2.75, 3.05) is 18.4 Å². The third-order valence-corrected chi connectivity index (χ3v) is 3.79. The number of carbonyl (C=O) groups is 1. The lowest BCUT2D eigenvalue weighted by molar-refractivity contribution is 0.0181. The lowest BCUT2D eigenvalue weighted by atomic mass is 9.90. The molecular formula is C18H25N3O2. The fraction of sp³-hybridized carbons (Fsp3) is 0.556. The number of aryl methyl sites for hydroxylation is 1. The van der Waals surface area contributed by atoms with E-state index < -0.39 is 11.1 Å². The maximum Gasteiger partial charge on any atom is 0.410 e. The predicted molar refractivity (Wildman–Crippen MR) is 90.2 cm³/mol. The van der Waals surface area contributed by atoms with Gasteiger partial charge in [0.2, 0.25) is 0 Å². The quantitative estimate of drug-likeness (QED) is 0.903. The van der Waals surface area contributed by atoms with E-state index in [4.69, 9.17) is 4.74 Å². The van der Waals surface area contributed by atoms with Crippen LogP contribution >= 0.6 is 0 Å². The van der Waals surface area contributed by atoms with Gasteiger partial charge in [0, 0.05) is 12.2 Å². The maximum atomic E-state index is 12.3. The molecule has 1 heterocycles. The van der Waals surface area contributed by atoms with Gasteiger partial charge in [0.1, 0.15) is 11.1 Å². The maximum absolute atomic E-state index is 12.3. The van der Waals surface area contributed by atoms with Gasteiger partial charge in [-0.1, -0.05) is 17.7 Å². The summed E-state index contributed by atoms with van der Waals surface area (Å²) in [7, 11) is 0. The Labute approximate surface area is 138 Å².